The summed E-state index contributed by atoms with van der Waals surface area (Å²) in [6.07, 6.45) is 0.677. The van der Waals surface area contributed by atoms with Crippen molar-refractivity contribution in [1.82, 2.24) is 0 Å². The largest absolute Gasteiger partial charge is 0.485 e. The molecule has 1 aliphatic rings. The highest BCUT2D eigenvalue weighted by molar-refractivity contribution is 5.85. The van der Waals surface area contributed by atoms with Gasteiger partial charge in [-0.15, -0.1) is 0 Å². The van der Waals surface area contributed by atoms with Gasteiger partial charge in [-0.25, -0.2) is 0 Å². The van der Waals surface area contributed by atoms with Crippen LogP contribution in [0.4, 0.5) is 0 Å². The number of carbonyl (C=O) groups is 1. The number of para-hydroxylation sites is 2. The lowest BCUT2D eigenvalue weighted by Crippen LogP contribution is -2.36. The zero-order valence-corrected chi connectivity index (χ0v) is 9.94. The summed E-state index contributed by atoms with van der Waals surface area (Å²) in [4.78, 5) is 11.9. The zero-order chi connectivity index (χ0) is 12.3. The molecule has 1 atom stereocenters. The fourth-order valence-electron chi connectivity index (χ4n) is 1.66. The number of Topliss-reactive ketones (excluding diaryl/α,β-unsaturated/α-hetero) is 1. The van der Waals surface area contributed by atoms with Gasteiger partial charge in [-0.05, 0) is 18.6 Å². The maximum Gasteiger partial charge on any atom is 0.191 e. The molecule has 2 rings (SSSR count). The molecule has 0 spiro atoms. The monoisotopic (exact) mass is 232 g/mol. The molecule has 1 aliphatic heterocycles. The summed E-state index contributed by atoms with van der Waals surface area (Å²) >= 11 is 0. The van der Waals surface area contributed by atoms with Gasteiger partial charge >= 0.3 is 0 Å². The van der Waals surface area contributed by atoms with E-state index in [4.69, 9.17) is 9.47 Å². The van der Waals surface area contributed by atoms with E-state index in [1.165, 1.54) is 0 Å². The van der Waals surface area contributed by atoms with Crippen molar-refractivity contribution >= 4 is 5.78 Å². The van der Waals surface area contributed by atoms with Gasteiger partial charge in [0.15, 0.2) is 23.4 Å². The number of rotatable bonds is 4. The Kier molecular flexibility index (Phi) is 3.47. The molecule has 1 aromatic carbocycles. The first-order valence-corrected chi connectivity index (χ1v) is 5.78. The standard InChI is InChI=1S/C14H16O3/c1-3-10(2)8-11(15)14-9-16-12-6-4-5-7-13(12)17-14/h4-7,14H,2-3,8-9H2,1H3. The van der Waals surface area contributed by atoms with Gasteiger partial charge in [-0.3, -0.25) is 4.79 Å². The molecule has 1 heterocycles. The Morgan fingerprint density at radius 2 is 2.12 bits per heavy atom. The number of hydrogen-bond donors (Lipinski definition) is 0. The van der Waals surface area contributed by atoms with Crippen LogP contribution in [0.15, 0.2) is 36.4 Å². The normalized spacial score (nSPS) is 17.6. The first-order chi connectivity index (χ1) is 8.20. The molecule has 0 radical (unpaired) electrons. The van der Waals surface area contributed by atoms with Crippen LogP contribution in [0.5, 0.6) is 11.5 Å². The average Bonchev–Trinajstić information content (AvgIpc) is 2.38. The van der Waals surface area contributed by atoms with E-state index in [-0.39, 0.29) is 12.4 Å². The van der Waals surface area contributed by atoms with Crippen molar-refractivity contribution in [2.24, 2.45) is 0 Å². The van der Waals surface area contributed by atoms with Crippen molar-refractivity contribution in [3.8, 4) is 11.5 Å². The summed E-state index contributed by atoms with van der Waals surface area (Å²) in [7, 11) is 0. The minimum absolute atomic E-state index is 0.0337. The van der Waals surface area contributed by atoms with Crippen LogP contribution in [0, 0.1) is 0 Å². The molecule has 0 aromatic heterocycles. The molecular formula is C14H16O3. The lowest BCUT2D eigenvalue weighted by molar-refractivity contribution is -0.127. The fraction of sp³-hybridized carbons (Fsp3) is 0.357. The van der Waals surface area contributed by atoms with Gasteiger partial charge in [-0.2, -0.15) is 0 Å². The second-order valence-electron chi connectivity index (χ2n) is 4.11. The van der Waals surface area contributed by atoms with E-state index in [0.717, 1.165) is 12.0 Å². The molecule has 17 heavy (non-hydrogen) atoms. The van der Waals surface area contributed by atoms with Crippen LogP contribution in [0.2, 0.25) is 0 Å². The number of carbonyl (C=O) groups excluding carboxylic acids is 1. The predicted molar refractivity (Wildman–Crippen MR) is 65.4 cm³/mol. The summed E-state index contributed by atoms with van der Waals surface area (Å²) in [5.74, 6) is 1.37. The molecule has 0 N–H and O–H groups in total. The van der Waals surface area contributed by atoms with Crippen LogP contribution in [0.3, 0.4) is 0 Å². The third-order valence-corrected chi connectivity index (χ3v) is 2.79. The van der Waals surface area contributed by atoms with Crippen LogP contribution >= 0.6 is 0 Å². The molecule has 0 amide bonds. The highest BCUT2D eigenvalue weighted by atomic mass is 16.6. The van der Waals surface area contributed by atoms with Crippen molar-refractivity contribution in [3.05, 3.63) is 36.4 Å². The van der Waals surface area contributed by atoms with Gasteiger partial charge in [0, 0.05) is 6.42 Å². The molecule has 0 fully saturated rings. The van der Waals surface area contributed by atoms with Gasteiger partial charge < -0.3 is 9.47 Å². The van der Waals surface area contributed by atoms with Crippen molar-refractivity contribution < 1.29 is 14.3 Å². The Labute approximate surface area is 101 Å². The number of fused-ring (bicyclic) bond motifs is 1. The summed E-state index contributed by atoms with van der Waals surface area (Å²) in [6, 6.07) is 7.38. The maximum absolute atomic E-state index is 11.9. The van der Waals surface area contributed by atoms with E-state index in [0.29, 0.717) is 17.9 Å². The summed E-state index contributed by atoms with van der Waals surface area (Å²) < 4.78 is 11.1. The Bertz CT molecular complexity index is 437. The molecule has 0 aliphatic carbocycles. The lowest BCUT2D eigenvalue weighted by Gasteiger charge is -2.25. The average molecular weight is 232 g/mol. The Morgan fingerprint density at radius 1 is 1.41 bits per heavy atom. The van der Waals surface area contributed by atoms with Crippen molar-refractivity contribution in [3.63, 3.8) is 0 Å². The SMILES string of the molecule is C=C(CC)CC(=O)C1COc2ccccc2O1. The van der Waals surface area contributed by atoms with Crippen molar-refractivity contribution in [2.45, 2.75) is 25.9 Å². The van der Waals surface area contributed by atoms with E-state index in [2.05, 4.69) is 6.58 Å². The molecule has 3 nitrogen and oxygen atoms in total. The molecule has 0 saturated heterocycles. The van der Waals surface area contributed by atoms with Gasteiger partial charge in [0.1, 0.15) is 6.61 Å². The number of benzene rings is 1. The van der Waals surface area contributed by atoms with Gasteiger partial charge in [0.25, 0.3) is 0 Å². The van der Waals surface area contributed by atoms with Gasteiger partial charge in [0.05, 0.1) is 0 Å². The summed E-state index contributed by atoms with van der Waals surface area (Å²) in [6.45, 7) is 6.11. The zero-order valence-electron chi connectivity index (χ0n) is 9.94. The molecule has 1 aromatic rings. The number of ketones is 1. The molecule has 1 unspecified atom stereocenters. The summed E-state index contributed by atoms with van der Waals surface area (Å²) in [5, 5.41) is 0. The lowest BCUT2D eigenvalue weighted by atomic mass is 10.0. The fourth-order valence-corrected chi connectivity index (χ4v) is 1.66. The van der Waals surface area contributed by atoms with E-state index in [1.807, 2.05) is 31.2 Å². The van der Waals surface area contributed by atoms with Crippen LogP contribution in [-0.2, 0) is 4.79 Å². The second kappa shape index (κ2) is 5.04. The first kappa shape index (κ1) is 11.7. The van der Waals surface area contributed by atoms with Crippen molar-refractivity contribution in [2.75, 3.05) is 6.61 Å². The molecule has 0 bridgehead atoms. The molecular weight excluding hydrogens is 216 g/mol. The van der Waals surface area contributed by atoms with E-state index in [1.54, 1.807) is 0 Å². The van der Waals surface area contributed by atoms with Crippen molar-refractivity contribution in [1.29, 1.82) is 0 Å². The maximum atomic E-state index is 11.9. The highest BCUT2D eigenvalue weighted by Gasteiger charge is 2.26. The highest BCUT2D eigenvalue weighted by Crippen LogP contribution is 2.31. The Balaban J connectivity index is 2.02. The van der Waals surface area contributed by atoms with Gasteiger partial charge in [0.2, 0.25) is 0 Å². The number of ether oxygens (including phenoxy) is 2. The third-order valence-electron chi connectivity index (χ3n) is 2.79. The summed E-state index contributed by atoms with van der Waals surface area (Å²) in [5.41, 5.74) is 0.928. The second-order valence-corrected chi connectivity index (χ2v) is 4.11. The number of hydrogen-bond acceptors (Lipinski definition) is 3. The molecule has 0 saturated carbocycles. The van der Waals surface area contributed by atoms with Crippen LogP contribution < -0.4 is 9.47 Å². The first-order valence-electron chi connectivity index (χ1n) is 5.78. The quantitative estimate of drug-likeness (QED) is 0.749. The van der Waals surface area contributed by atoms with E-state index < -0.39 is 6.10 Å². The van der Waals surface area contributed by atoms with E-state index >= 15 is 0 Å². The van der Waals surface area contributed by atoms with Crippen LogP contribution in [0.1, 0.15) is 19.8 Å². The molecule has 90 valence electrons. The topological polar surface area (TPSA) is 35.5 Å². The van der Waals surface area contributed by atoms with E-state index in [9.17, 15) is 4.79 Å². The Morgan fingerprint density at radius 3 is 2.82 bits per heavy atom. The minimum Gasteiger partial charge on any atom is -0.485 e. The number of allylic oxidation sites excluding steroid dienone is 1. The Hall–Kier alpha value is -1.77. The smallest absolute Gasteiger partial charge is 0.191 e. The van der Waals surface area contributed by atoms with Crippen LogP contribution in [0.25, 0.3) is 0 Å². The predicted octanol–water partition coefficient (Wildman–Crippen LogP) is 2.75. The third kappa shape index (κ3) is 2.67. The minimum atomic E-state index is -0.506. The van der Waals surface area contributed by atoms with Crippen LogP contribution in [-0.4, -0.2) is 18.5 Å². The molecule has 3 heteroatoms. The van der Waals surface area contributed by atoms with Gasteiger partial charge in [-0.1, -0.05) is 31.2 Å².